The fourth-order valence-electron chi connectivity index (χ4n) is 2.29. The van der Waals surface area contributed by atoms with Crippen LogP contribution in [-0.2, 0) is 0 Å². The maximum absolute atomic E-state index is 12.5. The zero-order valence-corrected chi connectivity index (χ0v) is 10.5. The quantitative estimate of drug-likeness (QED) is 0.836. The molecule has 1 aliphatic heterocycles. The van der Waals surface area contributed by atoms with Crippen molar-refractivity contribution in [2.45, 2.75) is 0 Å². The number of rotatable bonds is 2. The van der Waals surface area contributed by atoms with Crippen LogP contribution in [0.3, 0.4) is 0 Å². The van der Waals surface area contributed by atoms with Crippen molar-refractivity contribution in [3.63, 3.8) is 0 Å². The highest BCUT2D eigenvalue weighted by Gasteiger charge is 2.33. The molecule has 3 heteroatoms. The summed E-state index contributed by atoms with van der Waals surface area (Å²) < 4.78 is 0. The van der Waals surface area contributed by atoms with E-state index in [0.29, 0.717) is 6.54 Å². The summed E-state index contributed by atoms with van der Waals surface area (Å²) in [4.78, 5) is 17.6. The molecule has 3 rings (SSSR count). The first-order valence-corrected chi connectivity index (χ1v) is 6.39. The number of nitrogens with zero attached hydrogens (tertiary/aromatic N) is 1. The Morgan fingerprint density at radius 3 is 2.26 bits per heavy atom. The van der Waals surface area contributed by atoms with Gasteiger partial charge in [0.2, 0.25) is 0 Å². The third kappa shape index (κ3) is 2.27. The lowest BCUT2D eigenvalue weighted by molar-refractivity contribution is -0.444. The van der Waals surface area contributed by atoms with Crippen LogP contribution in [-0.4, -0.2) is 29.7 Å². The fraction of sp³-hybridized carbons (Fsp3) is 0.125. The van der Waals surface area contributed by atoms with Gasteiger partial charge >= 0.3 is 5.91 Å². The van der Waals surface area contributed by atoms with E-state index in [4.69, 9.17) is 0 Å². The second-order valence-electron chi connectivity index (χ2n) is 4.46. The minimum atomic E-state index is 0.0458. The molecule has 94 valence electrons. The molecule has 0 aliphatic carbocycles. The van der Waals surface area contributed by atoms with Crippen molar-refractivity contribution in [1.29, 1.82) is 0 Å². The van der Waals surface area contributed by atoms with Gasteiger partial charge in [-0.05, 0) is 24.3 Å². The molecular formula is C16H15N2O+. The van der Waals surface area contributed by atoms with Crippen molar-refractivity contribution in [1.82, 2.24) is 4.90 Å². The second-order valence-corrected chi connectivity index (χ2v) is 4.46. The van der Waals surface area contributed by atoms with Crippen LogP contribution >= 0.6 is 0 Å². The third-order valence-electron chi connectivity index (χ3n) is 3.21. The molecule has 0 aromatic heterocycles. The minimum Gasteiger partial charge on any atom is -0.270 e. The Bertz CT molecular complexity index is 605. The van der Waals surface area contributed by atoms with Crippen LogP contribution in [0.2, 0.25) is 0 Å². The Hall–Kier alpha value is -2.42. The number of hydrogen-bond donors (Lipinski definition) is 1. The predicted octanol–water partition coefficient (Wildman–Crippen LogP) is 0.670. The zero-order valence-electron chi connectivity index (χ0n) is 10.5. The Kier molecular flexibility index (Phi) is 3.11. The van der Waals surface area contributed by atoms with Crippen molar-refractivity contribution < 1.29 is 9.79 Å². The van der Waals surface area contributed by atoms with Crippen molar-refractivity contribution in [3.8, 4) is 0 Å². The standard InChI is InChI=1S/C16H14N2O/c19-16(14-9-5-2-6-10-14)18-12-11-17-15(18)13-7-3-1-4-8-13/h1-10H,11-12H2/p+1. The summed E-state index contributed by atoms with van der Waals surface area (Å²) in [5.41, 5.74) is 1.77. The number of carbonyl (C=O) groups excluding carboxylic acids is 1. The number of amides is 1. The van der Waals surface area contributed by atoms with E-state index in [2.05, 4.69) is 4.99 Å². The minimum absolute atomic E-state index is 0.0458. The maximum atomic E-state index is 12.5. The normalized spacial score (nSPS) is 14.3. The number of hydrogen-bond acceptors (Lipinski definition) is 1. The molecule has 0 fully saturated rings. The van der Waals surface area contributed by atoms with Crippen LogP contribution in [0.15, 0.2) is 60.7 Å². The highest BCUT2D eigenvalue weighted by molar-refractivity contribution is 6.10. The van der Waals surface area contributed by atoms with E-state index in [1.807, 2.05) is 65.6 Å². The molecule has 1 aliphatic rings. The number of carbonyl (C=O) groups is 1. The zero-order chi connectivity index (χ0) is 13.1. The van der Waals surface area contributed by atoms with Crippen LogP contribution in [0.25, 0.3) is 0 Å². The van der Waals surface area contributed by atoms with Gasteiger partial charge in [0.05, 0.1) is 11.1 Å². The molecule has 1 amide bonds. The van der Waals surface area contributed by atoms with Crippen molar-refractivity contribution in [3.05, 3.63) is 71.8 Å². The van der Waals surface area contributed by atoms with E-state index in [1.165, 1.54) is 0 Å². The van der Waals surface area contributed by atoms with Crippen molar-refractivity contribution in [2.24, 2.45) is 0 Å². The third-order valence-corrected chi connectivity index (χ3v) is 3.21. The maximum Gasteiger partial charge on any atom is 0.341 e. The van der Waals surface area contributed by atoms with Gasteiger partial charge in [-0.1, -0.05) is 36.4 Å². The molecule has 0 bridgehead atoms. The molecule has 0 saturated heterocycles. The van der Waals surface area contributed by atoms with E-state index in [0.717, 1.165) is 23.5 Å². The summed E-state index contributed by atoms with van der Waals surface area (Å²) in [6.45, 7) is 1.50. The van der Waals surface area contributed by atoms with Gasteiger partial charge < -0.3 is 0 Å². The smallest absolute Gasteiger partial charge is 0.270 e. The van der Waals surface area contributed by atoms with Gasteiger partial charge in [-0.3, -0.25) is 4.99 Å². The van der Waals surface area contributed by atoms with E-state index >= 15 is 0 Å². The first kappa shape index (κ1) is 11.7. The highest BCUT2D eigenvalue weighted by Crippen LogP contribution is 2.09. The summed E-state index contributed by atoms with van der Waals surface area (Å²) in [6.07, 6.45) is 0. The van der Waals surface area contributed by atoms with Gasteiger partial charge in [-0.2, -0.15) is 4.90 Å². The molecule has 1 heterocycles. The Labute approximate surface area is 112 Å². The molecule has 0 atom stereocenters. The van der Waals surface area contributed by atoms with Crippen LogP contribution < -0.4 is 4.99 Å². The van der Waals surface area contributed by atoms with Crippen LogP contribution in [0.4, 0.5) is 0 Å². The summed E-state index contributed by atoms with van der Waals surface area (Å²) in [5, 5.41) is 0. The SMILES string of the molecule is O=C(c1ccccc1)N1CC[NH+]=C1c1ccccc1. The van der Waals surface area contributed by atoms with Crippen LogP contribution in [0.5, 0.6) is 0 Å². The van der Waals surface area contributed by atoms with Gasteiger partial charge in [-0.25, -0.2) is 4.79 Å². The molecule has 19 heavy (non-hydrogen) atoms. The van der Waals surface area contributed by atoms with Crippen molar-refractivity contribution in [2.75, 3.05) is 13.1 Å². The average Bonchev–Trinajstić information content (AvgIpc) is 2.98. The van der Waals surface area contributed by atoms with E-state index in [1.54, 1.807) is 0 Å². The topological polar surface area (TPSA) is 34.3 Å². The predicted molar refractivity (Wildman–Crippen MR) is 73.9 cm³/mol. The van der Waals surface area contributed by atoms with Gasteiger partial charge in [-0.15, -0.1) is 0 Å². The van der Waals surface area contributed by atoms with Crippen LogP contribution in [0.1, 0.15) is 15.9 Å². The highest BCUT2D eigenvalue weighted by atomic mass is 16.2. The van der Waals surface area contributed by atoms with Gasteiger partial charge in [0.1, 0.15) is 13.1 Å². The molecular weight excluding hydrogens is 236 g/mol. The largest absolute Gasteiger partial charge is 0.341 e. The Morgan fingerprint density at radius 2 is 1.58 bits per heavy atom. The second kappa shape index (κ2) is 5.06. The number of benzene rings is 2. The molecule has 0 saturated carbocycles. The first-order chi connectivity index (χ1) is 9.36. The lowest BCUT2D eigenvalue weighted by Gasteiger charge is -2.10. The number of amidine groups is 1. The summed E-state index contributed by atoms with van der Waals surface area (Å²) in [5.74, 6) is 0.943. The molecule has 0 spiro atoms. The number of nitrogens with one attached hydrogen (secondary N) is 1. The van der Waals surface area contributed by atoms with Gasteiger partial charge in [0.15, 0.2) is 0 Å². The molecule has 0 radical (unpaired) electrons. The lowest BCUT2D eigenvalue weighted by Crippen LogP contribution is -2.71. The Morgan fingerprint density at radius 1 is 0.947 bits per heavy atom. The van der Waals surface area contributed by atoms with E-state index < -0.39 is 0 Å². The Balaban J connectivity index is 1.90. The molecule has 3 nitrogen and oxygen atoms in total. The monoisotopic (exact) mass is 251 g/mol. The summed E-state index contributed by atoms with van der Waals surface area (Å²) in [7, 11) is 0. The van der Waals surface area contributed by atoms with E-state index in [-0.39, 0.29) is 5.91 Å². The molecule has 0 unspecified atom stereocenters. The van der Waals surface area contributed by atoms with Gasteiger partial charge in [0, 0.05) is 0 Å². The summed E-state index contributed by atoms with van der Waals surface area (Å²) in [6, 6.07) is 19.4. The molecule has 2 aromatic carbocycles. The lowest BCUT2D eigenvalue weighted by atomic mass is 10.1. The molecule has 2 aromatic rings. The average molecular weight is 251 g/mol. The molecule has 1 N–H and O–H groups in total. The van der Waals surface area contributed by atoms with E-state index in [9.17, 15) is 4.79 Å². The van der Waals surface area contributed by atoms with Crippen LogP contribution in [0, 0.1) is 0 Å². The fourth-order valence-corrected chi connectivity index (χ4v) is 2.29. The van der Waals surface area contributed by atoms with Gasteiger partial charge in [0.25, 0.3) is 5.84 Å². The summed E-state index contributed by atoms with van der Waals surface area (Å²) >= 11 is 0. The first-order valence-electron chi connectivity index (χ1n) is 6.39. The van der Waals surface area contributed by atoms with Crippen molar-refractivity contribution >= 4 is 11.7 Å².